The van der Waals surface area contributed by atoms with Gasteiger partial charge in [-0.15, -0.1) is 10.2 Å². The second-order valence-corrected chi connectivity index (χ2v) is 13.0. The number of anilines is 1. The molecule has 2 amide bonds. The number of nitrogens with zero attached hydrogens (tertiary/aromatic N) is 5. The van der Waals surface area contributed by atoms with E-state index in [-0.39, 0.29) is 23.7 Å². The number of aromatic nitrogens is 3. The monoisotopic (exact) mass is 682 g/mol. The van der Waals surface area contributed by atoms with Crippen molar-refractivity contribution < 1.29 is 40.7 Å². The summed E-state index contributed by atoms with van der Waals surface area (Å²) in [7, 11) is 0. The van der Waals surface area contributed by atoms with Crippen LogP contribution in [0.3, 0.4) is 0 Å². The molecule has 0 bridgehead atoms. The van der Waals surface area contributed by atoms with Gasteiger partial charge in [0.25, 0.3) is 18.2 Å². The Morgan fingerprint density at radius 3 is 2.41 bits per heavy atom. The minimum absolute atomic E-state index is 0.141. The van der Waals surface area contributed by atoms with Crippen molar-refractivity contribution in [1.82, 2.24) is 20.5 Å². The zero-order chi connectivity index (χ0) is 35.9. The summed E-state index contributed by atoms with van der Waals surface area (Å²) in [5, 5.41) is 19.3. The summed E-state index contributed by atoms with van der Waals surface area (Å²) in [6.45, 7) is 7.38. The van der Waals surface area contributed by atoms with Crippen LogP contribution in [0.5, 0.6) is 0 Å². The summed E-state index contributed by atoms with van der Waals surface area (Å²) in [5.74, 6) is -6.45. The topological polar surface area (TPSA) is 134 Å². The number of carbonyl (C=O) groups excluding carboxylic acids is 2. The van der Waals surface area contributed by atoms with Crippen molar-refractivity contribution in [3.05, 3.63) is 83.1 Å². The van der Waals surface area contributed by atoms with Gasteiger partial charge in [0.1, 0.15) is 22.9 Å². The summed E-state index contributed by atoms with van der Waals surface area (Å²) >= 11 is 0. The maximum absolute atomic E-state index is 15.9. The van der Waals surface area contributed by atoms with Crippen LogP contribution in [0.1, 0.15) is 70.0 Å². The lowest BCUT2D eigenvalue weighted by Crippen LogP contribution is -2.49. The van der Waals surface area contributed by atoms with E-state index < -0.39 is 70.7 Å². The SMILES string of the molecule is CC(C)(C)OC(=O)NC1CC(F)(F)c2cc(F)c(-c3nnc(C(C)(C)C#N)o3)cc2N(Cc2ccc(-c3ccc(C(F)F)cn3)cc2)C1=O. The number of halogens is 5. The Morgan fingerprint density at radius 1 is 1.12 bits per heavy atom. The van der Waals surface area contributed by atoms with E-state index in [0.717, 1.165) is 17.2 Å². The number of ether oxygens (including phenoxy) is 1. The number of fused-ring (bicyclic) bond motifs is 1. The molecule has 1 aliphatic rings. The Hall–Kier alpha value is -5.39. The lowest BCUT2D eigenvalue weighted by molar-refractivity contribution is -0.123. The highest BCUT2D eigenvalue weighted by molar-refractivity contribution is 6.01. The van der Waals surface area contributed by atoms with Crippen LogP contribution in [0.25, 0.3) is 22.7 Å². The lowest BCUT2D eigenvalue weighted by Gasteiger charge is -2.27. The fraction of sp³-hybridized carbons (Fsp3) is 0.353. The minimum atomic E-state index is -3.82. The average molecular weight is 683 g/mol. The van der Waals surface area contributed by atoms with Gasteiger partial charge in [-0.05, 0) is 64.4 Å². The molecule has 3 heterocycles. The van der Waals surface area contributed by atoms with E-state index >= 15 is 13.2 Å². The van der Waals surface area contributed by atoms with Gasteiger partial charge in [0.2, 0.25) is 11.8 Å². The number of alkyl halides is 4. The van der Waals surface area contributed by atoms with E-state index in [4.69, 9.17) is 9.15 Å². The number of nitriles is 1. The largest absolute Gasteiger partial charge is 0.444 e. The van der Waals surface area contributed by atoms with Crippen molar-refractivity contribution in [2.45, 2.75) is 77.0 Å². The Labute approximate surface area is 277 Å². The predicted molar refractivity (Wildman–Crippen MR) is 166 cm³/mol. The fourth-order valence-corrected chi connectivity index (χ4v) is 5.03. The van der Waals surface area contributed by atoms with Gasteiger partial charge in [-0.1, -0.05) is 24.3 Å². The van der Waals surface area contributed by atoms with Crippen molar-refractivity contribution >= 4 is 17.7 Å². The van der Waals surface area contributed by atoms with E-state index in [9.17, 15) is 23.6 Å². The average Bonchev–Trinajstić information content (AvgIpc) is 3.51. The van der Waals surface area contributed by atoms with Gasteiger partial charge in [0.05, 0.1) is 29.6 Å². The fourth-order valence-electron chi connectivity index (χ4n) is 5.03. The third-order valence-corrected chi connectivity index (χ3v) is 7.58. The van der Waals surface area contributed by atoms with Crippen molar-refractivity contribution in [2.75, 3.05) is 4.90 Å². The maximum Gasteiger partial charge on any atom is 0.408 e. The predicted octanol–water partition coefficient (Wildman–Crippen LogP) is 7.60. The normalized spacial score (nSPS) is 16.2. The maximum atomic E-state index is 15.9. The number of benzene rings is 2. The molecule has 256 valence electrons. The second-order valence-electron chi connectivity index (χ2n) is 13.0. The Bertz CT molecular complexity index is 1920. The van der Waals surface area contributed by atoms with Crippen LogP contribution in [0.4, 0.5) is 32.4 Å². The minimum Gasteiger partial charge on any atom is -0.444 e. The number of nitrogens with one attached hydrogen (secondary N) is 1. The highest BCUT2D eigenvalue weighted by Crippen LogP contribution is 2.45. The molecular formula is C34H31F5N6O4. The Kier molecular flexibility index (Phi) is 9.20. The number of pyridine rings is 1. The molecule has 0 aliphatic carbocycles. The van der Waals surface area contributed by atoms with Crippen LogP contribution in [0, 0.1) is 17.1 Å². The van der Waals surface area contributed by atoms with Crippen LogP contribution in [-0.2, 0) is 27.4 Å². The molecule has 1 atom stereocenters. The van der Waals surface area contributed by atoms with Gasteiger partial charge in [-0.25, -0.2) is 26.7 Å². The van der Waals surface area contributed by atoms with E-state index in [2.05, 4.69) is 20.5 Å². The highest BCUT2D eigenvalue weighted by atomic mass is 19.3. The number of alkyl carbamates (subject to hydrolysis) is 1. The molecule has 0 saturated heterocycles. The van der Waals surface area contributed by atoms with Gasteiger partial charge < -0.3 is 19.4 Å². The standard InChI is InChI=1S/C34H31F5N6O4/c1-32(2,3)49-31(47)42-25-14-34(38,39)22-13-23(35)21(28-43-44-30(48-28)33(4,5)17-40)12-26(22)45(29(25)46)16-18-6-8-19(9-7-18)24-11-10-20(15-41-24)27(36)37/h6-13,15,25,27H,14,16H2,1-5H3,(H,42,47). The summed E-state index contributed by atoms with van der Waals surface area (Å²) in [6, 6.07) is 10.8. The Balaban J connectivity index is 1.57. The summed E-state index contributed by atoms with van der Waals surface area (Å²) in [4.78, 5) is 31.8. The molecule has 2 aromatic carbocycles. The van der Waals surface area contributed by atoms with E-state index in [0.29, 0.717) is 22.9 Å². The molecule has 0 saturated carbocycles. The van der Waals surface area contributed by atoms with E-state index in [1.807, 2.05) is 6.07 Å². The number of hydrogen-bond donors (Lipinski definition) is 1. The number of amides is 2. The second kappa shape index (κ2) is 12.9. The Morgan fingerprint density at radius 2 is 1.82 bits per heavy atom. The zero-order valence-electron chi connectivity index (χ0n) is 27.0. The summed E-state index contributed by atoms with van der Waals surface area (Å²) in [5.41, 5.74) is -2.70. The molecule has 10 nitrogen and oxygen atoms in total. The van der Waals surface area contributed by atoms with Gasteiger partial charge in [0, 0.05) is 29.3 Å². The van der Waals surface area contributed by atoms with Crippen molar-refractivity contribution in [3.63, 3.8) is 0 Å². The van der Waals surface area contributed by atoms with Gasteiger partial charge in [-0.2, -0.15) is 5.26 Å². The van der Waals surface area contributed by atoms with Gasteiger partial charge in [0.15, 0.2) is 0 Å². The quantitative estimate of drug-likeness (QED) is 0.197. The number of rotatable bonds is 7. The van der Waals surface area contributed by atoms with E-state index in [1.165, 1.54) is 26.0 Å². The van der Waals surface area contributed by atoms with Crippen molar-refractivity contribution in [1.29, 1.82) is 5.26 Å². The molecular weight excluding hydrogens is 651 g/mol. The molecule has 0 spiro atoms. The van der Waals surface area contributed by atoms with Gasteiger partial charge >= 0.3 is 6.09 Å². The molecule has 49 heavy (non-hydrogen) atoms. The first-order chi connectivity index (χ1) is 22.9. The molecule has 0 fully saturated rings. The van der Waals surface area contributed by atoms with Gasteiger partial charge in [-0.3, -0.25) is 9.78 Å². The van der Waals surface area contributed by atoms with Crippen LogP contribution < -0.4 is 10.2 Å². The van der Waals surface area contributed by atoms with Crippen LogP contribution in [0.15, 0.2) is 59.1 Å². The lowest BCUT2D eigenvalue weighted by atomic mass is 9.96. The molecule has 1 N–H and O–H groups in total. The third-order valence-electron chi connectivity index (χ3n) is 7.58. The molecule has 0 radical (unpaired) electrons. The van der Waals surface area contributed by atoms with Crippen molar-refractivity contribution in [3.8, 4) is 28.8 Å². The smallest absolute Gasteiger partial charge is 0.408 e. The first-order valence-electron chi connectivity index (χ1n) is 15.0. The first-order valence-corrected chi connectivity index (χ1v) is 15.0. The van der Waals surface area contributed by atoms with Crippen molar-refractivity contribution in [2.24, 2.45) is 0 Å². The van der Waals surface area contributed by atoms with Crippen LogP contribution >= 0.6 is 0 Å². The molecule has 1 aliphatic heterocycles. The molecule has 15 heteroatoms. The van der Waals surface area contributed by atoms with Crippen LogP contribution in [-0.4, -0.2) is 38.8 Å². The first kappa shape index (κ1) is 34.9. The van der Waals surface area contributed by atoms with E-state index in [1.54, 1.807) is 45.0 Å². The zero-order valence-corrected chi connectivity index (χ0v) is 27.0. The highest BCUT2D eigenvalue weighted by Gasteiger charge is 2.47. The summed E-state index contributed by atoms with van der Waals surface area (Å²) < 4.78 is 84.2. The third kappa shape index (κ3) is 7.53. The summed E-state index contributed by atoms with van der Waals surface area (Å²) in [6.07, 6.45) is -3.93. The molecule has 1 unspecified atom stereocenters. The number of hydrogen-bond acceptors (Lipinski definition) is 8. The molecule has 2 aromatic heterocycles. The number of carbonyl (C=O) groups is 2. The molecule has 4 aromatic rings. The van der Waals surface area contributed by atoms with Crippen LogP contribution in [0.2, 0.25) is 0 Å². The molecule has 5 rings (SSSR count).